The number of aryl methyl sites for hydroxylation is 1. The van der Waals surface area contributed by atoms with Crippen LogP contribution < -0.4 is 5.32 Å². The summed E-state index contributed by atoms with van der Waals surface area (Å²) in [5.41, 5.74) is 0.744. The van der Waals surface area contributed by atoms with Crippen LogP contribution in [0.2, 0.25) is 0 Å². The highest BCUT2D eigenvalue weighted by atomic mass is 32.2. The van der Waals surface area contributed by atoms with Gasteiger partial charge in [0.15, 0.2) is 0 Å². The molecular weight excluding hydrogens is 393 g/mol. The third-order valence-electron chi connectivity index (χ3n) is 5.25. The summed E-state index contributed by atoms with van der Waals surface area (Å²) in [6, 6.07) is 6.76. The number of oxazole rings is 1. The first-order valence-corrected chi connectivity index (χ1v) is 11.5. The molecule has 0 saturated carbocycles. The third kappa shape index (κ3) is 5.96. The van der Waals surface area contributed by atoms with Gasteiger partial charge < -0.3 is 9.73 Å². The molecule has 2 atom stereocenters. The molecule has 29 heavy (non-hydrogen) atoms. The maximum absolute atomic E-state index is 13.9. The van der Waals surface area contributed by atoms with Gasteiger partial charge in [-0.05, 0) is 45.4 Å². The lowest BCUT2D eigenvalue weighted by molar-refractivity contribution is -0.118. The van der Waals surface area contributed by atoms with E-state index in [1.54, 1.807) is 25.1 Å². The Morgan fingerprint density at radius 3 is 2.93 bits per heavy atom. The largest absolute Gasteiger partial charge is 0.441 e. The SMILES string of the molecule is Cc1oc(-c2ccccc2F)nc1C[S@](=O)CC(=O)NCCN1CCCC[C@H]1C. The van der Waals surface area contributed by atoms with Crippen LogP contribution in [0, 0.1) is 12.7 Å². The van der Waals surface area contributed by atoms with Gasteiger partial charge in [0.1, 0.15) is 17.3 Å². The molecule has 0 aliphatic carbocycles. The highest BCUT2D eigenvalue weighted by molar-refractivity contribution is 7.84. The molecule has 1 aromatic heterocycles. The summed E-state index contributed by atoms with van der Waals surface area (Å²) >= 11 is 0. The van der Waals surface area contributed by atoms with Crippen molar-refractivity contribution in [2.45, 2.75) is 44.9 Å². The molecule has 1 aromatic carbocycles. The Morgan fingerprint density at radius 2 is 2.17 bits per heavy atom. The molecule has 0 spiro atoms. The van der Waals surface area contributed by atoms with Gasteiger partial charge in [-0.25, -0.2) is 9.37 Å². The Morgan fingerprint density at radius 1 is 1.38 bits per heavy atom. The van der Waals surface area contributed by atoms with Crippen molar-refractivity contribution in [2.75, 3.05) is 25.4 Å². The van der Waals surface area contributed by atoms with Crippen molar-refractivity contribution in [2.24, 2.45) is 0 Å². The van der Waals surface area contributed by atoms with Crippen LogP contribution in [-0.2, 0) is 21.3 Å². The molecule has 1 aliphatic heterocycles. The van der Waals surface area contributed by atoms with E-state index in [1.165, 1.54) is 25.3 Å². The van der Waals surface area contributed by atoms with Crippen molar-refractivity contribution in [3.63, 3.8) is 0 Å². The summed E-state index contributed by atoms with van der Waals surface area (Å²) in [5, 5.41) is 2.85. The molecule has 2 heterocycles. The maximum atomic E-state index is 13.9. The number of carbonyl (C=O) groups is 1. The van der Waals surface area contributed by atoms with E-state index in [0.717, 1.165) is 13.1 Å². The molecule has 1 N–H and O–H groups in total. The smallest absolute Gasteiger partial charge is 0.232 e. The van der Waals surface area contributed by atoms with Gasteiger partial charge in [-0.15, -0.1) is 0 Å². The number of nitrogens with one attached hydrogen (secondary N) is 1. The lowest BCUT2D eigenvalue weighted by Crippen LogP contribution is -2.43. The van der Waals surface area contributed by atoms with Crippen LogP contribution in [0.5, 0.6) is 0 Å². The molecule has 1 saturated heterocycles. The molecule has 0 bridgehead atoms. The zero-order chi connectivity index (χ0) is 20.8. The molecule has 1 fully saturated rings. The van der Waals surface area contributed by atoms with E-state index < -0.39 is 16.6 Å². The van der Waals surface area contributed by atoms with Crippen LogP contribution >= 0.6 is 0 Å². The van der Waals surface area contributed by atoms with Gasteiger partial charge in [0.25, 0.3) is 0 Å². The molecule has 8 heteroatoms. The summed E-state index contributed by atoms with van der Waals surface area (Å²) in [5.74, 6) is -0.00634. The zero-order valence-electron chi connectivity index (χ0n) is 16.9. The van der Waals surface area contributed by atoms with Crippen LogP contribution in [0.25, 0.3) is 11.5 Å². The number of hydrogen-bond donors (Lipinski definition) is 1. The van der Waals surface area contributed by atoms with Gasteiger partial charge in [0.05, 0.1) is 17.0 Å². The van der Waals surface area contributed by atoms with Gasteiger partial charge in [0.2, 0.25) is 11.8 Å². The Labute approximate surface area is 173 Å². The average Bonchev–Trinajstić information content (AvgIpc) is 3.03. The third-order valence-corrected chi connectivity index (χ3v) is 6.43. The molecule has 158 valence electrons. The van der Waals surface area contributed by atoms with Gasteiger partial charge in [-0.1, -0.05) is 18.6 Å². The molecule has 0 radical (unpaired) electrons. The number of piperidine rings is 1. The fourth-order valence-electron chi connectivity index (χ4n) is 3.54. The number of benzene rings is 1. The Hall–Kier alpha value is -2.06. The number of nitrogens with zero attached hydrogens (tertiary/aromatic N) is 2. The minimum Gasteiger partial charge on any atom is -0.441 e. The van der Waals surface area contributed by atoms with Gasteiger partial charge >= 0.3 is 0 Å². The second kappa shape index (κ2) is 10.1. The normalized spacial score (nSPS) is 18.5. The van der Waals surface area contributed by atoms with Crippen LogP contribution in [-0.4, -0.2) is 51.4 Å². The van der Waals surface area contributed by atoms with E-state index in [1.807, 2.05) is 0 Å². The minimum absolute atomic E-state index is 0.0864. The predicted octanol–water partition coefficient (Wildman–Crippen LogP) is 3.03. The first kappa shape index (κ1) is 21.6. The number of carbonyl (C=O) groups excluding carboxylic acids is 1. The molecule has 3 rings (SSSR count). The standard InChI is InChI=1S/C21H28FN3O3S/c1-15-7-5-6-11-25(15)12-10-23-20(26)14-29(27)13-19-16(2)28-21(24-19)17-8-3-4-9-18(17)22/h3-4,8-9,15H,5-7,10-14H2,1-2H3,(H,23,26)/t15-,29+/m1/s1. The first-order chi connectivity index (χ1) is 13.9. The molecule has 1 amide bonds. The van der Waals surface area contributed by atoms with Gasteiger partial charge in [-0.2, -0.15) is 0 Å². The number of hydrogen-bond acceptors (Lipinski definition) is 5. The summed E-state index contributed by atoms with van der Waals surface area (Å²) < 4.78 is 31.8. The molecule has 2 aromatic rings. The quantitative estimate of drug-likeness (QED) is 0.709. The summed E-state index contributed by atoms with van der Waals surface area (Å²) in [7, 11) is -1.42. The van der Waals surface area contributed by atoms with Crippen LogP contribution in [0.3, 0.4) is 0 Å². The highest BCUT2D eigenvalue weighted by Crippen LogP contribution is 2.24. The summed E-state index contributed by atoms with van der Waals surface area (Å²) in [4.78, 5) is 18.8. The number of amides is 1. The monoisotopic (exact) mass is 421 g/mol. The molecular formula is C21H28FN3O3S. The Balaban J connectivity index is 1.48. The highest BCUT2D eigenvalue weighted by Gasteiger charge is 2.19. The molecule has 1 aliphatic rings. The van der Waals surface area contributed by atoms with E-state index in [9.17, 15) is 13.4 Å². The number of halogens is 1. The van der Waals surface area contributed by atoms with Crippen LogP contribution in [0.1, 0.15) is 37.6 Å². The van der Waals surface area contributed by atoms with Crippen molar-refractivity contribution in [1.29, 1.82) is 0 Å². The van der Waals surface area contributed by atoms with Gasteiger partial charge in [-0.3, -0.25) is 13.9 Å². The lowest BCUT2D eigenvalue weighted by Gasteiger charge is -2.33. The van der Waals surface area contributed by atoms with Crippen molar-refractivity contribution in [1.82, 2.24) is 15.2 Å². The summed E-state index contributed by atoms with van der Waals surface area (Å²) in [6.45, 7) is 6.35. The fraction of sp³-hybridized carbons (Fsp3) is 0.524. The topological polar surface area (TPSA) is 75.4 Å². The average molecular weight is 422 g/mol. The molecule has 6 nitrogen and oxygen atoms in total. The van der Waals surface area contributed by atoms with E-state index in [2.05, 4.69) is 22.1 Å². The number of likely N-dealkylation sites (tertiary alicyclic amines) is 1. The fourth-order valence-corrected chi connectivity index (χ4v) is 4.61. The van der Waals surface area contributed by atoms with Gasteiger partial charge in [0, 0.05) is 29.9 Å². The van der Waals surface area contributed by atoms with Crippen molar-refractivity contribution in [3.05, 3.63) is 41.5 Å². The second-order valence-corrected chi connectivity index (χ2v) is 8.92. The van der Waals surface area contributed by atoms with E-state index in [-0.39, 0.29) is 28.9 Å². The molecule has 0 unspecified atom stereocenters. The minimum atomic E-state index is -1.42. The zero-order valence-corrected chi connectivity index (χ0v) is 17.8. The number of rotatable bonds is 8. The van der Waals surface area contributed by atoms with Crippen molar-refractivity contribution >= 4 is 16.7 Å². The van der Waals surface area contributed by atoms with E-state index >= 15 is 0 Å². The lowest BCUT2D eigenvalue weighted by atomic mass is 10.0. The maximum Gasteiger partial charge on any atom is 0.232 e. The van der Waals surface area contributed by atoms with Crippen molar-refractivity contribution < 1.29 is 17.8 Å². The Bertz CT molecular complexity index is 871. The van der Waals surface area contributed by atoms with E-state index in [4.69, 9.17) is 4.42 Å². The predicted molar refractivity (Wildman–Crippen MR) is 111 cm³/mol. The summed E-state index contributed by atoms with van der Waals surface area (Å²) in [6.07, 6.45) is 3.67. The van der Waals surface area contributed by atoms with Crippen molar-refractivity contribution in [3.8, 4) is 11.5 Å². The van der Waals surface area contributed by atoms with Crippen LogP contribution in [0.15, 0.2) is 28.7 Å². The number of aromatic nitrogens is 1. The van der Waals surface area contributed by atoms with Crippen LogP contribution in [0.4, 0.5) is 4.39 Å². The Kier molecular flexibility index (Phi) is 7.55. The van der Waals surface area contributed by atoms with E-state index in [0.29, 0.717) is 24.0 Å². The second-order valence-electron chi connectivity index (χ2n) is 7.46. The first-order valence-electron chi connectivity index (χ1n) is 10.0.